The molecule has 2 aliphatic heterocycles. The van der Waals surface area contributed by atoms with Gasteiger partial charge in [0, 0.05) is 37.4 Å². The van der Waals surface area contributed by atoms with Crippen molar-refractivity contribution in [2.75, 3.05) is 30.6 Å². The maximum atomic E-state index is 13.1. The highest BCUT2D eigenvalue weighted by molar-refractivity contribution is 7.92. The SMILES string of the molecule is CC(C)(C)OC(=O)N(CCN1C2CCC1CC(c1cccc(NS(C)(=O)=O)c1)C2)CC1CCCCC1. The minimum atomic E-state index is -3.29. The molecule has 3 aliphatic rings. The second-order valence-corrected chi connectivity index (χ2v) is 14.0. The molecule has 36 heavy (non-hydrogen) atoms. The third-order valence-electron chi connectivity index (χ3n) is 8.03. The number of amides is 1. The van der Waals surface area contributed by atoms with Crippen LogP contribution in [0.5, 0.6) is 0 Å². The Labute approximate surface area is 218 Å². The third kappa shape index (κ3) is 7.60. The first-order valence-corrected chi connectivity index (χ1v) is 15.7. The molecule has 3 fully saturated rings. The van der Waals surface area contributed by atoms with Crippen molar-refractivity contribution < 1.29 is 17.9 Å². The number of nitrogens with one attached hydrogen (secondary N) is 1. The molecule has 2 bridgehead atoms. The smallest absolute Gasteiger partial charge is 0.410 e. The van der Waals surface area contributed by atoms with E-state index in [4.69, 9.17) is 4.74 Å². The van der Waals surface area contributed by atoms with Gasteiger partial charge in [-0.2, -0.15) is 0 Å². The highest BCUT2D eigenvalue weighted by Gasteiger charge is 2.41. The molecule has 202 valence electrons. The van der Waals surface area contributed by atoms with Gasteiger partial charge < -0.3 is 9.64 Å². The van der Waals surface area contributed by atoms with Gasteiger partial charge in [-0.3, -0.25) is 9.62 Å². The lowest BCUT2D eigenvalue weighted by atomic mass is 9.85. The molecular weight excluding hydrogens is 474 g/mol. The van der Waals surface area contributed by atoms with Crippen LogP contribution in [0.25, 0.3) is 0 Å². The zero-order valence-electron chi connectivity index (χ0n) is 22.5. The molecule has 0 spiro atoms. The minimum absolute atomic E-state index is 0.175. The van der Waals surface area contributed by atoms with Crippen molar-refractivity contribution in [3.8, 4) is 0 Å². The first kappa shape index (κ1) is 27.2. The first-order valence-electron chi connectivity index (χ1n) is 13.8. The summed E-state index contributed by atoms with van der Waals surface area (Å²) in [5, 5.41) is 0. The van der Waals surface area contributed by atoms with Crippen LogP contribution < -0.4 is 4.72 Å². The second-order valence-electron chi connectivity index (χ2n) is 12.2. The van der Waals surface area contributed by atoms with Gasteiger partial charge in [-0.15, -0.1) is 0 Å². The number of hydrogen-bond acceptors (Lipinski definition) is 5. The molecule has 4 rings (SSSR count). The summed E-state index contributed by atoms with van der Waals surface area (Å²) in [6.45, 7) is 8.24. The number of ether oxygens (including phenoxy) is 1. The van der Waals surface area contributed by atoms with E-state index in [-0.39, 0.29) is 6.09 Å². The largest absolute Gasteiger partial charge is 0.444 e. The van der Waals surface area contributed by atoms with Gasteiger partial charge in [0.25, 0.3) is 0 Å². The highest BCUT2D eigenvalue weighted by Crippen LogP contribution is 2.43. The van der Waals surface area contributed by atoms with Crippen LogP contribution in [0.3, 0.4) is 0 Å². The summed E-state index contributed by atoms with van der Waals surface area (Å²) in [5.41, 5.74) is 1.37. The van der Waals surface area contributed by atoms with Gasteiger partial charge in [0.1, 0.15) is 5.60 Å². The number of nitrogens with zero attached hydrogens (tertiary/aromatic N) is 2. The Morgan fingerprint density at radius 2 is 1.75 bits per heavy atom. The van der Waals surface area contributed by atoms with Gasteiger partial charge in [0.2, 0.25) is 10.0 Å². The Morgan fingerprint density at radius 1 is 1.08 bits per heavy atom. The minimum Gasteiger partial charge on any atom is -0.444 e. The normalized spacial score (nSPS) is 25.5. The number of carbonyl (C=O) groups excluding carboxylic acids is 1. The molecule has 2 saturated heterocycles. The molecule has 1 aromatic rings. The monoisotopic (exact) mass is 519 g/mol. The van der Waals surface area contributed by atoms with Crippen LogP contribution in [0.4, 0.5) is 10.5 Å². The summed E-state index contributed by atoms with van der Waals surface area (Å²) < 4.78 is 31.7. The van der Waals surface area contributed by atoms with Gasteiger partial charge in [0.15, 0.2) is 0 Å². The second kappa shape index (κ2) is 11.3. The van der Waals surface area contributed by atoms with Gasteiger partial charge in [-0.25, -0.2) is 13.2 Å². The number of carbonyl (C=O) groups is 1. The Kier molecular flexibility index (Phi) is 8.55. The van der Waals surface area contributed by atoms with E-state index in [1.165, 1.54) is 56.8 Å². The molecule has 1 amide bonds. The van der Waals surface area contributed by atoms with Crippen LogP contribution in [-0.4, -0.2) is 67.9 Å². The molecule has 2 heterocycles. The quantitative estimate of drug-likeness (QED) is 0.485. The lowest BCUT2D eigenvalue weighted by Crippen LogP contribution is -2.48. The molecule has 1 saturated carbocycles. The van der Waals surface area contributed by atoms with Gasteiger partial charge >= 0.3 is 6.09 Å². The van der Waals surface area contributed by atoms with Crippen molar-refractivity contribution in [2.24, 2.45) is 5.92 Å². The maximum absolute atomic E-state index is 13.1. The Hall–Kier alpha value is -1.80. The number of sulfonamides is 1. The van der Waals surface area contributed by atoms with Crippen LogP contribution in [0, 0.1) is 5.92 Å². The zero-order chi connectivity index (χ0) is 25.9. The van der Waals surface area contributed by atoms with E-state index in [9.17, 15) is 13.2 Å². The van der Waals surface area contributed by atoms with Crippen molar-refractivity contribution in [2.45, 2.75) is 102 Å². The number of hydrogen-bond donors (Lipinski definition) is 1. The molecule has 1 aromatic carbocycles. The van der Waals surface area contributed by atoms with Gasteiger partial charge in [0.05, 0.1) is 6.26 Å². The predicted molar refractivity (Wildman–Crippen MR) is 145 cm³/mol. The van der Waals surface area contributed by atoms with Crippen LogP contribution >= 0.6 is 0 Å². The van der Waals surface area contributed by atoms with E-state index in [0.717, 1.165) is 32.5 Å². The van der Waals surface area contributed by atoms with E-state index in [0.29, 0.717) is 29.6 Å². The lowest BCUT2D eigenvalue weighted by molar-refractivity contribution is 0.0159. The Balaban J connectivity index is 1.38. The maximum Gasteiger partial charge on any atom is 0.410 e. The van der Waals surface area contributed by atoms with Crippen LogP contribution in [-0.2, 0) is 14.8 Å². The van der Waals surface area contributed by atoms with Crippen molar-refractivity contribution in [1.29, 1.82) is 0 Å². The summed E-state index contributed by atoms with van der Waals surface area (Å²) in [7, 11) is -3.29. The highest BCUT2D eigenvalue weighted by atomic mass is 32.2. The summed E-state index contributed by atoms with van der Waals surface area (Å²) in [6.07, 6.45) is 11.8. The summed E-state index contributed by atoms with van der Waals surface area (Å²) >= 11 is 0. The van der Waals surface area contributed by atoms with Crippen molar-refractivity contribution in [3.63, 3.8) is 0 Å². The van der Waals surface area contributed by atoms with E-state index in [1.807, 2.05) is 43.9 Å². The van der Waals surface area contributed by atoms with Crippen molar-refractivity contribution in [3.05, 3.63) is 29.8 Å². The van der Waals surface area contributed by atoms with Crippen LogP contribution in [0.2, 0.25) is 0 Å². The zero-order valence-corrected chi connectivity index (χ0v) is 23.4. The number of benzene rings is 1. The average Bonchev–Trinajstić information content (AvgIpc) is 3.02. The van der Waals surface area contributed by atoms with Crippen molar-refractivity contribution in [1.82, 2.24) is 9.80 Å². The Morgan fingerprint density at radius 3 is 2.36 bits per heavy atom. The third-order valence-corrected chi connectivity index (χ3v) is 8.64. The van der Waals surface area contributed by atoms with E-state index >= 15 is 0 Å². The molecule has 0 radical (unpaired) electrons. The average molecular weight is 520 g/mol. The van der Waals surface area contributed by atoms with E-state index < -0.39 is 15.6 Å². The lowest BCUT2D eigenvalue weighted by Gasteiger charge is -2.40. The van der Waals surface area contributed by atoms with E-state index in [1.54, 1.807) is 0 Å². The fourth-order valence-corrected chi connectivity index (χ4v) is 7.04. The number of piperidine rings is 1. The molecule has 8 heteroatoms. The predicted octanol–water partition coefficient (Wildman–Crippen LogP) is 5.59. The van der Waals surface area contributed by atoms with Crippen LogP contribution in [0.15, 0.2) is 24.3 Å². The van der Waals surface area contributed by atoms with Gasteiger partial charge in [-0.1, -0.05) is 31.4 Å². The summed E-state index contributed by atoms with van der Waals surface area (Å²) in [4.78, 5) is 17.7. The molecule has 2 atom stereocenters. The number of fused-ring (bicyclic) bond motifs is 2. The first-order chi connectivity index (χ1) is 17.0. The van der Waals surface area contributed by atoms with Crippen LogP contribution in [0.1, 0.15) is 90.0 Å². The van der Waals surface area contributed by atoms with E-state index in [2.05, 4.69) is 15.7 Å². The Bertz CT molecular complexity index is 986. The number of rotatable bonds is 8. The molecule has 7 nitrogen and oxygen atoms in total. The van der Waals surface area contributed by atoms with Gasteiger partial charge in [-0.05, 0) is 88.8 Å². The topological polar surface area (TPSA) is 79.0 Å². The fraction of sp³-hybridized carbons (Fsp3) is 0.750. The molecule has 0 aromatic heterocycles. The van der Waals surface area contributed by atoms with Crippen molar-refractivity contribution >= 4 is 21.8 Å². The number of anilines is 1. The molecular formula is C28H45N3O4S. The summed E-state index contributed by atoms with van der Waals surface area (Å²) in [5.74, 6) is 1.02. The summed E-state index contributed by atoms with van der Waals surface area (Å²) in [6, 6.07) is 8.90. The molecule has 1 N–H and O–H groups in total. The molecule has 2 unspecified atom stereocenters. The molecule has 1 aliphatic carbocycles. The fourth-order valence-electron chi connectivity index (χ4n) is 6.48. The standard InChI is InChI=1S/C28H45N3O4S/c1-28(2,3)35-27(32)30(20-21-9-6-5-7-10-21)15-16-31-25-13-14-26(31)19-23(18-25)22-11-8-12-24(17-22)29-36(4,33)34/h8,11-12,17,21,23,25-26,29H,5-7,9-10,13-16,18-20H2,1-4H3.